The normalized spacial score (nSPS) is 11.7. The fourth-order valence-electron chi connectivity index (χ4n) is 3.59. The van der Waals surface area contributed by atoms with Gasteiger partial charge in [0.1, 0.15) is 22.4 Å². The summed E-state index contributed by atoms with van der Waals surface area (Å²) in [5.74, 6) is -0.452. The Hall–Kier alpha value is -2.49. The first kappa shape index (κ1) is 25.1. The highest BCUT2D eigenvalue weighted by Crippen LogP contribution is 2.35. The van der Waals surface area contributed by atoms with Gasteiger partial charge in [-0.2, -0.15) is 0 Å². The first-order chi connectivity index (χ1) is 15.7. The fraction of sp³-hybridized carbons (Fsp3) is 0.375. The second kappa shape index (κ2) is 11.1. The quantitative estimate of drug-likeness (QED) is 0.361. The first-order valence-corrected chi connectivity index (χ1v) is 13.2. The minimum Gasteiger partial charge on any atom is -0.492 e. The van der Waals surface area contributed by atoms with Gasteiger partial charge < -0.3 is 15.2 Å². The number of carbonyl (C=O) groups is 1. The molecule has 0 aliphatic heterocycles. The van der Waals surface area contributed by atoms with Crippen molar-refractivity contribution in [3.8, 4) is 5.75 Å². The van der Waals surface area contributed by atoms with Crippen LogP contribution in [0.5, 0.6) is 5.75 Å². The van der Waals surface area contributed by atoms with Gasteiger partial charge in [-0.1, -0.05) is 6.07 Å². The van der Waals surface area contributed by atoms with Gasteiger partial charge in [-0.15, -0.1) is 11.3 Å². The smallest absolute Gasteiger partial charge is 0.303 e. The summed E-state index contributed by atoms with van der Waals surface area (Å²) in [4.78, 5) is 10.7. The summed E-state index contributed by atoms with van der Waals surface area (Å²) in [5, 5.41) is 12.6. The summed E-state index contributed by atoms with van der Waals surface area (Å²) in [5.41, 5.74) is 2.59. The number of carboxylic acid groups (broad SMARTS) is 1. The van der Waals surface area contributed by atoms with Crippen molar-refractivity contribution >= 4 is 37.2 Å². The summed E-state index contributed by atoms with van der Waals surface area (Å²) < 4.78 is 45.8. The zero-order chi connectivity index (χ0) is 24.0. The second-order valence-corrected chi connectivity index (χ2v) is 11.3. The number of fused-ring (bicyclic) bond motifs is 1. The van der Waals surface area contributed by atoms with Gasteiger partial charge in [0.2, 0.25) is 0 Å². The van der Waals surface area contributed by atoms with Crippen molar-refractivity contribution in [2.24, 2.45) is 0 Å². The van der Waals surface area contributed by atoms with Gasteiger partial charge in [-0.3, -0.25) is 4.79 Å². The molecule has 3 aromatic rings. The number of hydrogen-bond acceptors (Lipinski definition) is 6. The molecule has 2 aromatic carbocycles. The van der Waals surface area contributed by atoms with Crippen LogP contribution >= 0.6 is 11.3 Å². The summed E-state index contributed by atoms with van der Waals surface area (Å²) >= 11 is 1.19. The molecule has 9 heteroatoms. The highest BCUT2D eigenvalue weighted by Gasteiger charge is 2.21. The van der Waals surface area contributed by atoms with E-state index in [1.807, 2.05) is 25.1 Å². The molecular weight excluding hydrogens is 465 g/mol. The number of aliphatic carboxylic acids is 1. The SMILES string of the molecule is Cc1cc(OCCNCCCS(=O)(=O)c2sc3ccc(F)cc3c2C)ccc1CCC(=O)O. The van der Waals surface area contributed by atoms with E-state index >= 15 is 0 Å². The van der Waals surface area contributed by atoms with Crippen LogP contribution in [-0.2, 0) is 21.1 Å². The lowest BCUT2D eigenvalue weighted by Crippen LogP contribution is -2.23. The van der Waals surface area contributed by atoms with Crippen molar-refractivity contribution in [2.45, 2.75) is 37.3 Å². The van der Waals surface area contributed by atoms with Crippen LogP contribution in [0.3, 0.4) is 0 Å². The number of ether oxygens (including phenoxy) is 1. The zero-order valence-electron chi connectivity index (χ0n) is 18.7. The Balaban J connectivity index is 1.41. The molecule has 0 amide bonds. The molecule has 0 unspecified atom stereocenters. The number of halogens is 1. The fourth-order valence-corrected chi connectivity index (χ4v) is 6.83. The summed E-state index contributed by atoms with van der Waals surface area (Å²) in [6.45, 7) is 5.19. The third-order valence-corrected chi connectivity index (χ3v) is 9.15. The predicted octanol–water partition coefficient (Wildman–Crippen LogP) is 4.51. The van der Waals surface area contributed by atoms with E-state index in [1.54, 1.807) is 13.0 Å². The van der Waals surface area contributed by atoms with Gasteiger partial charge in [0.05, 0.1) is 5.75 Å². The molecule has 2 N–H and O–H groups in total. The van der Waals surface area contributed by atoms with Crippen LogP contribution in [0.4, 0.5) is 4.39 Å². The molecule has 0 radical (unpaired) electrons. The van der Waals surface area contributed by atoms with Gasteiger partial charge in [0.25, 0.3) is 0 Å². The summed E-state index contributed by atoms with van der Waals surface area (Å²) in [6, 6.07) is 9.95. The van der Waals surface area contributed by atoms with Crippen molar-refractivity contribution in [1.29, 1.82) is 0 Å². The molecule has 3 rings (SSSR count). The first-order valence-electron chi connectivity index (χ1n) is 10.7. The molecule has 0 saturated heterocycles. The predicted molar refractivity (Wildman–Crippen MR) is 129 cm³/mol. The third kappa shape index (κ3) is 6.75. The third-order valence-electron chi connectivity index (χ3n) is 5.37. The molecule has 0 atom stereocenters. The summed E-state index contributed by atoms with van der Waals surface area (Å²) in [7, 11) is -3.43. The number of nitrogens with one attached hydrogen (secondary N) is 1. The van der Waals surface area contributed by atoms with E-state index in [-0.39, 0.29) is 18.0 Å². The monoisotopic (exact) mass is 493 g/mol. The molecule has 0 aliphatic rings. The van der Waals surface area contributed by atoms with Crippen molar-refractivity contribution < 1.29 is 27.4 Å². The molecule has 1 heterocycles. The van der Waals surface area contributed by atoms with Crippen LogP contribution in [0.15, 0.2) is 40.6 Å². The molecule has 0 spiro atoms. The number of thiophene rings is 1. The average Bonchev–Trinajstić information content (AvgIpc) is 3.09. The molecule has 0 saturated carbocycles. The van der Waals surface area contributed by atoms with Gasteiger partial charge in [-0.25, -0.2) is 12.8 Å². The van der Waals surface area contributed by atoms with E-state index in [0.717, 1.165) is 15.8 Å². The molecule has 0 bridgehead atoms. The average molecular weight is 494 g/mol. The van der Waals surface area contributed by atoms with Crippen molar-refractivity contribution in [3.05, 3.63) is 58.9 Å². The van der Waals surface area contributed by atoms with Crippen molar-refractivity contribution in [2.75, 3.05) is 25.4 Å². The topological polar surface area (TPSA) is 92.7 Å². The molecule has 6 nitrogen and oxygen atoms in total. The lowest BCUT2D eigenvalue weighted by Gasteiger charge is -2.10. The van der Waals surface area contributed by atoms with Crippen molar-refractivity contribution in [3.63, 3.8) is 0 Å². The minimum absolute atomic E-state index is 0.0218. The summed E-state index contributed by atoms with van der Waals surface area (Å²) in [6.07, 6.45) is 1.05. The lowest BCUT2D eigenvalue weighted by atomic mass is 10.0. The van der Waals surface area contributed by atoms with E-state index in [1.165, 1.54) is 23.5 Å². The standard InChI is InChI=1S/C24H28FNO5S2/c1-16-14-20(7-4-18(16)5-9-23(27)28)31-12-11-26-10-3-13-33(29,30)24-17(2)21-15-19(25)6-8-22(21)32-24/h4,6-8,14-15,26H,3,5,9-13H2,1-2H3,(H,27,28). The highest BCUT2D eigenvalue weighted by atomic mass is 32.2. The van der Waals surface area contributed by atoms with Gasteiger partial charge in [0.15, 0.2) is 9.84 Å². The molecule has 0 fully saturated rings. The van der Waals surface area contributed by atoms with Crippen LogP contribution in [0, 0.1) is 19.7 Å². The van der Waals surface area contributed by atoms with E-state index in [2.05, 4.69) is 5.32 Å². The second-order valence-electron chi connectivity index (χ2n) is 7.91. The largest absolute Gasteiger partial charge is 0.492 e. The minimum atomic E-state index is -3.43. The molecule has 0 aliphatic carbocycles. The molecule has 178 valence electrons. The number of hydrogen-bond donors (Lipinski definition) is 2. The molecular formula is C24H28FNO5S2. The number of rotatable bonds is 12. The number of aryl methyl sites for hydroxylation is 3. The Morgan fingerprint density at radius 1 is 1.15 bits per heavy atom. The molecule has 33 heavy (non-hydrogen) atoms. The van der Waals surface area contributed by atoms with Gasteiger partial charge in [-0.05, 0) is 85.6 Å². The number of benzene rings is 2. The Labute approximate surface area is 197 Å². The van der Waals surface area contributed by atoms with Gasteiger partial charge >= 0.3 is 5.97 Å². The Bertz CT molecular complexity index is 1240. The Morgan fingerprint density at radius 3 is 2.67 bits per heavy atom. The van der Waals surface area contributed by atoms with Crippen LogP contribution in [0.25, 0.3) is 10.1 Å². The Morgan fingerprint density at radius 2 is 1.94 bits per heavy atom. The van der Waals surface area contributed by atoms with Crippen LogP contribution in [-0.4, -0.2) is 44.9 Å². The lowest BCUT2D eigenvalue weighted by molar-refractivity contribution is -0.136. The van der Waals surface area contributed by atoms with Crippen LogP contribution in [0.1, 0.15) is 29.5 Å². The molecule has 1 aromatic heterocycles. The van der Waals surface area contributed by atoms with Gasteiger partial charge in [0, 0.05) is 17.7 Å². The van der Waals surface area contributed by atoms with E-state index in [0.29, 0.717) is 53.4 Å². The maximum absolute atomic E-state index is 13.5. The van der Waals surface area contributed by atoms with E-state index in [4.69, 9.17) is 9.84 Å². The highest BCUT2D eigenvalue weighted by molar-refractivity contribution is 7.93. The number of sulfone groups is 1. The maximum atomic E-state index is 13.5. The van der Waals surface area contributed by atoms with E-state index in [9.17, 15) is 17.6 Å². The van der Waals surface area contributed by atoms with Crippen LogP contribution in [0.2, 0.25) is 0 Å². The number of carboxylic acids is 1. The van der Waals surface area contributed by atoms with Crippen molar-refractivity contribution in [1.82, 2.24) is 5.32 Å². The Kier molecular flexibility index (Phi) is 8.45. The maximum Gasteiger partial charge on any atom is 0.303 e. The zero-order valence-corrected chi connectivity index (χ0v) is 20.3. The van der Waals surface area contributed by atoms with E-state index < -0.39 is 15.8 Å². The van der Waals surface area contributed by atoms with Crippen LogP contribution < -0.4 is 10.1 Å².